The fourth-order valence-electron chi connectivity index (χ4n) is 1.53. The molecule has 0 atom stereocenters. The summed E-state index contributed by atoms with van der Waals surface area (Å²) in [5, 5.41) is 12.6. The number of carboxylic acid groups (broad SMARTS) is 1. The van der Waals surface area contributed by atoms with Gasteiger partial charge in [0.2, 0.25) is 0 Å². The maximum Gasteiger partial charge on any atom is 0.303 e. The van der Waals surface area contributed by atoms with Crippen molar-refractivity contribution in [2.24, 2.45) is 7.05 Å². The van der Waals surface area contributed by atoms with E-state index in [0.29, 0.717) is 6.42 Å². The molecule has 0 fully saturated rings. The number of aliphatic carboxylic acids is 1. The van der Waals surface area contributed by atoms with Crippen LogP contribution in [0.1, 0.15) is 18.4 Å². The third-order valence-corrected chi connectivity index (χ3v) is 2.47. The third-order valence-electron chi connectivity index (χ3n) is 2.47. The van der Waals surface area contributed by atoms with E-state index in [1.165, 1.54) is 5.56 Å². The molecule has 0 bridgehead atoms. The van der Waals surface area contributed by atoms with Crippen molar-refractivity contribution in [3.8, 4) is 0 Å². The van der Waals surface area contributed by atoms with Gasteiger partial charge in [-0.2, -0.15) is 5.10 Å². The maximum absolute atomic E-state index is 10.3. The molecule has 0 saturated carbocycles. The van der Waals surface area contributed by atoms with Crippen molar-refractivity contribution in [2.75, 3.05) is 20.1 Å². The van der Waals surface area contributed by atoms with Gasteiger partial charge in [0.05, 0.1) is 6.20 Å². The molecule has 1 rings (SSSR count). The van der Waals surface area contributed by atoms with E-state index in [9.17, 15) is 4.79 Å². The number of likely N-dealkylation sites (N-methyl/N-ethyl adjacent to an activating group) is 1. The normalized spacial score (nSPS) is 10.9. The fraction of sp³-hybridized carbons (Fsp3) is 0.636. The molecular weight excluding hydrogens is 206 g/mol. The van der Waals surface area contributed by atoms with E-state index in [0.717, 1.165) is 19.5 Å². The minimum Gasteiger partial charge on any atom is -0.481 e. The average Bonchev–Trinajstić information content (AvgIpc) is 2.61. The number of aromatic nitrogens is 2. The van der Waals surface area contributed by atoms with Crippen LogP contribution < -0.4 is 0 Å². The molecule has 5 nitrogen and oxygen atoms in total. The lowest BCUT2D eigenvalue weighted by atomic mass is 10.2. The van der Waals surface area contributed by atoms with Crippen molar-refractivity contribution in [3.63, 3.8) is 0 Å². The van der Waals surface area contributed by atoms with Crippen LogP contribution in [0.25, 0.3) is 0 Å². The number of aryl methyl sites for hydroxylation is 1. The number of hydrogen-bond donors (Lipinski definition) is 1. The summed E-state index contributed by atoms with van der Waals surface area (Å²) in [7, 11) is 3.91. The Morgan fingerprint density at radius 1 is 1.56 bits per heavy atom. The smallest absolute Gasteiger partial charge is 0.303 e. The molecule has 0 radical (unpaired) electrons. The van der Waals surface area contributed by atoms with Crippen molar-refractivity contribution >= 4 is 5.97 Å². The Kier molecular flexibility index (Phi) is 4.98. The fourth-order valence-corrected chi connectivity index (χ4v) is 1.53. The summed E-state index contributed by atoms with van der Waals surface area (Å²) >= 11 is 0. The lowest BCUT2D eigenvalue weighted by Crippen LogP contribution is -2.22. The van der Waals surface area contributed by atoms with Crippen LogP contribution in [0.2, 0.25) is 0 Å². The molecule has 0 aliphatic carbocycles. The number of carboxylic acids is 1. The average molecular weight is 225 g/mol. The van der Waals surface area contributed by atoms with E-state index in [-0.39, 0.29) is 6.42 Å². The second-order valence-electron chi connectivity index (χ2n) is 4.07. The quantitative estimate of drug-likeness (QED) is 0.744. The Bertz CT molecular complexity index is 336. The summed E-state index contributed by atoms with van der Waals surface area (Å²) in [5.74, 6) is -0.722. The molecule has 1 aromatic rings. The van der Waals surface area contributed by atoms with Crippen molar-refractivity contribution < 1.29 is 9.90 Å². The number of hydrogen-bond acceptors (Lipinski definition) is 3. The molecule has 0 aromatic carbocycles. The first-order chi connectivity index (χ1) is 7.58. The largest absolute Gasteiger partial charge is 0.481 e. The van der Waals surface area contributed by atoms with Gasteiger partial charge in [-0.3, -0.25) is 9.48 Å². The highest BCUT2D eigenvalue weighted by molar-refractivity contribution is 5.66. The summed E-state index contributed by atoms with van der Waals surface area (Å²) in [4.78, 5) is 12.5. The molecule has 0 saturated heterocycles. The van der Waals surface area contributed by atoms with Crippen LogP contribution >= 0.6 is 0 Å². The minimum atomic E-state index is -0.722. The summed E-state index contributed by atoms with van der Waals surface area (Å²) in [6.07, 6.45) is 5.78. The van der Waals surface area contributed by atoms with E-state index >= 15 is 0 Å². The summed E-state index contributed by atoms with van der Waals surface area (Å²) in [5.41, 5.74) is 1.22. The van der Waals surface area contributed by atoms with E-state index in [4.69, 9.17) is 5.11 Å². The lowest BCUT2D eigenvalue weighted by molar-refractivity contribution is -0.137. The standard InChI is InChI=1S/C11H19N3O2/c1-13(6-3-4-11(15)16)7-5-10-8-12-14(2)9-10/h8-9H,3-7H2,1-2H3,(H,15,16). The van der Waals surface area contributed by atoms with Gasteiger partial charge in [0.1, 0.15) is 0 Å². The van der Waals surface area contributed by atoms with E-state index < -0.39 is 5.97 Å². The predicted molar refractivity (Wildman–Crippen MR) is 61.3 cm³/mol. The van der Waals surface area contributed by atoms with Gasteiger partial charge in [-0.1, -0.05) is 0 Å². The van der Waals surface area contributed by atoms with Gasteiger partial charge < -0.3 is 10.0 Å². The highest BCUT2D eigenvalue weighted by Crippen LogP contribution is 2.00. The third kappa shape index (κ3) is 4.93. The van der Waals surface area contributed by atoms with E-state index in [1.807, 2.05) is 26.5 Å². The Balaban J connectivity index is 2.15. The first-order valence-corrected chi connectivity index (χ1v) is 5.46. The molecule has 0 aliphatic rings. The summed E-state index contributed by atoms with van der Waals surface area (Å²) in [6, 6.07) is 0. The van der Waals surface area contributed by atoms with Gasteiger partial charge in [-0.15, -0.1) is 0 Å². The van der Waals surface area contributed by atoms with Crippen LogP contribution in [-0.4, -0.2) is 45.9 Å². The molecule has 5 heteroatoms. The first-order valence-electron chi connectivity index (χ1n) is 5.46. The molecule has 16 heavy (non-hydrogen) atoms. The van der Waals surface area contributed by atoms with Crippen LogP contribution in [0.3, 0.4) is 0 Å². The lowest BCUT2D eigenvalue weighted by Gasteiger charge is -2.14. The van der Waals surface area contributed by atoms with Crippen molar-refractivity contribution in [1.29, 1.82) is 0 Å². The zero-order chi connectivity index (χ0) is 12.0. The van der Waals surface area contributed by atoms with Crippen LogP contribution in [0.5, 0.6) is 0 Å². The second-order valence-corrected chi connectivity index (χ2v) is 4.07. The number of rotatable bonds is 7. The molecule has 0 unspecified atom stereocenters. The zero-order valence-electron chi connectivity index (χ0n) is 9.89. The predicted octanol–water partition coefficient (Wildman–Crippen LogP) is 0.759. The molecule has 1 heterocycles. The molecule has 0 spiro atoms. The summed E-state index contributed by atoms with van der Waals surface area (Å²) < 4.78 is 1.79. The van der Waals surface area contributed by atoms with Gasteiger partial charge in [0.25, 0.3) is 0 Å². The SMILES string of the molecule is CN(CCCC(=O)O)CCc1cnn(C)c1. The van der Waals surface area contributed by atoms with E-state index in [2.05, 4.69) is 10.00 Å². The number of nitrogens with zero attached hydrogens (tertiary/aromatic N) is 3. The van der Waals surface area contributed by atoms with Gasteiger partial charge in [0, 0.05) is 26.2 Å². The van der Waals surface area contributed by atoms with Crippen LogP contribution in [0, 0.1) is 0 Å². The van der Waals surface area contributed by atoms with Gasteiger partial charge in [-0.05, 0) is 32.0 Å². The van der Waals surface area contributed by atoms with Gasteiger partial charge in [-0.25, -0.2) is 0 Å². The van der Waals surface area contributed by atoms with E-state index in [1.54, 1.807) is 4.68 Å². The molecular formula is C11H19N3O2. The molecule has 90 valence electrons. The maximum atomic E-state index is 10.3. The van der Waals surface area contributed by atoms with Crippen molar-refractivity contribution in [2.45, 2.75) is 19.3 Å². The highest BCUT2D eigenvalue weighted by atomic mass is 16.4. The Hall–Kier alpha value is -1.36. The van der Waals surface area contributed by atoms with Crippen molar-refractivity contribution in [1.82, 2.24) is 14.7 Å². The first kappa shape index (κ1) is 12.7. The minimum absolute atomic E-state index is 0.247. The second kappa shape index (κ2) is 6.27. The van der Waals surface area contributed by atoms with Crippen LogP contribution in [0.15, 0.2) is 12.4 Å². The highest BCUT2D eigenvalue weighted by Gasteiger charge is 2.02. The van der Waals surface area contributed by atoms with Crippen molar-refractivity contribution in [3.05, 3.63) is 18.0 Å². The Morgan fingerprint density at radius 3 is 2.88 bits per heavy atom. The monoisotopic (exact) mass is 225 g/mol. The zero-order valence-corrected chi connectivity index (χ0v) is 9.89. The van der Waals surface area contributed by atoms with Gasteiger partial charge >= 0.3 is 5.97 Å². The molecule has 1 aromatic heterocycles. The topological polar surface area (TPSA) is 58.4 Å². The van der Waals surface area contributed by atoms with Crippen LogP contribution in [0.4, 0.5) is 0 Å². The molecule has 0 aliphatic heterocycles. The number of carbonyl (C=O) groups is 1. The Labute approximate surface area is 95.7 Å². The molecule has 0 amide bonds. The van der Waals surface area contributed by atoms with Crippen LogP contribution in [-0.2, 0) is 18.3 Å². The molecule has 1 N–H and O–H groups in total. The summed E-state index contributed by atoms with van der Waals surface area (Å²) in [6.45, 7) is 1.76. The van der Waals surface area contributed by atoms with Gasteiger partial charge in [0.15, 0.2) is 0 Å². The Morgan fingerprint density at radius 2 is 2.31 bits per heavy atom.